The van der Waals surface area contributed by atoms with Crippen LogP contribution in [0.1, 0.15) is 31.9 Å². The lowest BCUT2D eigenvalue weighted by Crippen LogP contribution is -2.29. The number of rotatable bonds is 6. The van der Waals surface area contributed by atoms with Crippen LogP contribution in [0.25, 0.3) is 0 Å². The van der Waals surface area contributed by atoms with E-state index in [1.54, 1.807) is 0 Å². The molecule has 118 valence electrons. The minimum absolute atomic E-state index is 0.0215. The highest BCUT2D eigenvalue weighted by Crippen LogP contribution is 2.33. The van der Waals surface area contributed by atoms with Crippen molar-refractivity contribution in [3.05, 3.63) is 53.5 Å². The van der Waals surface area contributed by atoms with Crippen LogP contribution in [-0.4, -0.2) is 30.5 Å². The van der Waals surface area contributed by atoms with Gasteiger partial charge in [-0.15, -0.1) is 0 Å². The van der Waals surface area contributed by atoms with E-state index in [1.165, 1.54) is 0 Å². The summed E-state index contributed by atoms with van der Waals surface area (Å²) in [5.41, 5.74) is 2.63. The second kappa shape index (κ2) is 7.63. The molecule has 0 saturated carbocycles. The van der Waals surface area contributed by atoms with Gasteiger partial charge in [0.1, 0.15) is 12.4 Å². The van der Waals surface area contributed by atoms with Crippen molar-refractivity contribution in [1.29, 1.82) is 0 Å². The van der Waals surface area contributed by atoms with Gasteiger partial charge >= 0.3 is 7.12 Å². The summed E-state index contributed by atoms with van der Waals surface area (Å²) >= 11 is 0. The molecule has 1 aromatic rings. The molecule has 22 heavy (non-hydrogen) atoms. The Bertz CT molecular complexity index is 553. The number of allylic oxidation sites excluding steroid dienone is 2. The van der Waals surface area contributed by atoms with Crippen molar-refractivity contribution in [3.8, 4) is 5.75 Å². The van der Waals surface area contributed by atoms with Gasteiger partial charge < -0.3 is 19.5 Å². The third-order valence-electron chi connectivity index (χ3n) is 3.77. The molecule has 1 aliphatic rings. The first kappa shape index (κ1) is 16.8. The predicted molar refractivity (Wildman–Crippen MR) is 87.5 cm³/mol. The average Bonchev–Trinajstić information content (AvgIpc) is 2.52. The number of benzene rings is 1. The van der Waals surface area contributed by atoms with E-state index in [1.807, 2.05) is 44.2 Å². The van der Waals surface area contributed by atoms with E-state index in [4.69, 9.17) is 14.5 Å². The van der Waals surface area contributed by atoms with E-state index >= 15 is 0 Å². The molecule has 5 heteroatoms. The number of hydrogen-bond donors (Lipinski definition) is 2. The summed E-state index contributed by atoms with van der Waals surface area (Å²) in [5.74, 6) is 0.960. The van der Waals surface area contributed by atoms with Crippen molar-refractivity contribution in [3.63, 3.8) is 0 Å². The van der Waals surface area contributed by atoms with E-state index in [2.05, 4.69) is 6.58 Å². The zero-order valence-electron chi connectivity index (χ0n) is 13.2. The molecule has 1 atom stereocenters. The SMILES string of the molecule is C=C(C1=CC[C@H](c2cccc(OCCO)c2)OB1O)C(C)C. The molecule has 0 fully saturated rings. The molecule has 1 heterocycles. The fourth-order valence-electron chi connectivity index (χ4n) is 2.43. The van der Waals surface area contributed by atoms with Gasteiger partial charge in [-0.1, -0.05) is 44.2 Å². The van der Waals surface area contributed by atoms with Crippen molar-refractivity contribution in [2.24, 2.45) is 5.92 Å². The number of hydrogen-bond acceptors (Lipinski definition) is 4. The summed E-state index contributed by atoms with van der Waals surface area (Å²) in [7, 11) is -0.948. The molecule has 0 unspecified atom stereocenters. The molecule has 0 amide bonds. The van der Waals surface area contributed by atoms with Crippen molar-refractivity contribution < 1.29 is 19.5 Å². The molecule has 0 radical (unpaired) electrons. The standard InChI is InChI=1S/C17H23BO4/c1-12(2)13(3)16-7-8-17(22-18(16)20)14-5-4-6-15(11-14)21-10-9-19/h4-7,11-12,17,19-20H,3,8-10H2,1-2H3/t17-/m1/s1. The molecular formula is C17H23BO4. The van der Waals surface area contributed by atoms with E-state index in [0.717, 1.165) is 16.6 Å². The fraction of sp³-hybridized carbons (Fsp3) is 0.412. The van der Waals surface area contributed by atoms with Crippen LogP contribution in [0.4, 0.5) is 0 Å². The smallest absolute Gasteiger partial charge is 0.491 e. The van der Waals surface area contributed by atoms with Crippen molar-refractivity contribution >= 4 is 7.12 Å². The molecule has 2 N–H and O–H groups in total. The number of aliphatic hydroxyl groups is 1. The Morgan fingerprint density at radius 1 is 1.50 bits per heavy atom. The van der Waals surface area contributed by atoms with Gasteiger partial charge in [-0.25, -0.2) is 0 Å². The second-order valence-electron chi connectivity index (χ2n) is 5.70. The molecule has 4 nitrogen and oxygen atoms in total. The highest BCUT2D eigenvalue weighted by molar-refractivity contribution is 6.54. The number of aliphatic hydroxyl groups excluding tert-OH is 1. The Morgan fingerprint density at radius 3 is 2.91 bits per heavy atom. The topological polar surface area (TPSA) is 58.9 Å². The lowest BCUT2D eigenvalue weighted by Gasteiger charge is -2.27. The maximum absolute atomic E-state index is 10.2. The monoisotopic (exact) mass is 302 g/mol. The van der Waals surface area contributed by atoms with Gasteiger partial charge in [-0.2, -0.15) is 0 Å². The average molecular weight is 302 g/mol. The van der Waals surface area contributed by atoms with Gasteiger partial charge in [-0.3, -0.25) is 0 Å². The lowest BCUT2D eigenvalue weighted by atomic mass is 9.69. The Hall–Kier alpha value is -1.56. The van der Waals surface area contributed by atoms with Crippen LogP contribution in [0.3, 0.4) is 0 Å². The van der Waals surface area contributed by atoms with Gasteiger partial charge in [0.25, 0.3) is 0 Å². The highest BCUT2D eigenvalue weighted by Gasteiger charge is 2.31. The summed E-state index contributed by atoms with van der Waals surface area (Å²) in [5, 5.41) is 19.0. The van der Waals surface area contributed by atoms with Gasteiger partial charge in [0, 0.05) is 0 Å². The molecule has 0 saturated heterocycles. The van der Waals surface area contributed by atoms with Crippen LogP contribution < -0.4 is 4.74 Å². The third-order valence-corrected chi connectivity index (χ3v) is 3.77. The van der Waals surface area contributed by atoms with Gasteiger partial charge in [-0.05, 0) is 35.5 Å². The fourth-order valence-corrected chi connectivity index (χ4v) is 2.43. The molecule has 1 aliphatic heterocycles. The molecule has 2 rings (SSSR count). The van der Waals surface area contributed by atoms with Crippen LogP contribution >= 0.6 is 0 Å². The van der Waals surface area contributed by atoms with Gasteiger partial charge in [0.05, 0.1) is 12.7 Å². The Balaban J connectivity index is 2.11. The minimum atomic E-state index is -0.948. The summed E-state index contributed by atoms with van der Waals surface area (Å²) in [6, 6.07) is 7.53. The lowest BCUT2D eigenvalue weighted by molar-refractivity contribution is 0.167. The van der Waals surface area contributed by atoms with Gasteiger partial charge in [0.15, 0.2) is 0 Å². The van der Waals surface area contributed by atoms with Crippen LogP contribution in [-0.2, 0) is 4.65 Å². The number of ether oxygens (including phenoxy) is 1. The summed E-state index contributed by atoms with van der Waals surface area (Å²) < 4.78 is 11.1. The quantitative estimate of drug-likeness (QED) is 0.793. The van der Waals surface area contributed by atoms with E-state index < -0.39 is 7.12 Å². The van der Waals surface area contributed by atoms with Crippen molar-refractivity contribution in [2.45, 2.75) is 26.4 Å². The van der Waals surface area contributed by atoms with E-state index in [0.29, 0.717) is 12.2 Å². The maximum Gasteiger partial charge on any atom is 0.491 e. The van der Waals surface area contributed by atoms with Crippen molar-refractivity contribution in [1.82, 2.24) is 0 Å². The zero-order chi connectivity index (χ0) is 16.1. The predicted octanol–water partition coefficient (Wildman–Crippen LogP) is 2.68. The Kier molecular flexibility index (Phi) is 5.83. The highest BCUT2D eigenvalue weighted by atomic mass is 16.5. The van der Waals surface area contributed by atoms with Gasteiger partial charge in [0.2, 0.25) is 0 Å². The maximum atomic E-state index is 10.2. The minimum Gasteiger partial charge on any atom is -0.491 e. The molecule has 0 bridgehead atoms. The van der Waals surface area contributed by atoms with E-state index in [-0.39, 0.29) is 25.2 Å². The van der Waals surface area contributed by atoms with Crippen LogP contribution in [0, 0.1) is 5.92 Å². The Labute approximate surface area is 132 Å². The van der Waals surface area contributed by atoms with E-state index in [9.17, 15) is 5.02 Å². The zero-order valence-corrected chi connectivity index (χ0v) is 13.2. The summed E-state index contributed by atoms with van der Waals surface area (Å²) in [6.07, 6.45) is 2.47. The molecule has 1 aromatic carbocycles. The van der Waals surface area contributed by atoms with Crippen molar-refractivity contribution in [2.75, 3.05) is 13.2 Å². The first-order chi connectivity index (χ1) is 10.5. The first-order valence-corrected chi connectivity index (χ1v) is 7.59. The largest absolute Gasteiger partial charge is 0.491 e. The normalized spacial score (nSPS) is 18.3. The third kappa shape index (κ3) is 4.00. The second-order valence-corrected chi connectivity index (χ2v) is 5.70. The van der Waals surface area contributed by atoms with Crippen LogP contribution in [0.15, 0.2) is 48.0 Å². The molecule has 0 aliphatic carbocycles. The van der Waals surface area contributed by atoms with Crippen LogP contribution in [0.2, 0.25) is 0 Å². The Morgan fingerprint density at radius 2 is 2.27 bits per heavy atom. The van der Waals surface area contributed by atoms with Crippen LogP contribution in [0.5, 0.6) is 5.75 Å². The molecule has 0 aromatic heterocycles. The summed E-state index contributed by atoms with van der Waals surface area (Å²) in [6.45, 7) is 8.35. The first-order valence-electron chi connectivity index (χ1n) is 7.59. The molecular weight excluding hydrogens is 279 g/mol. The summed E-state index contributed by atoms with van der Waals surface area (Å²) in [4.78, 5) is 0. The molecule has 0 spiro atoms.